The third kappa shape index (κ3) is 3.11. The average molecular weight is 319 g/mol. The van der Waals surface area contributed by atoms with Crippen molar-refractivity contribution in [2.24, 2.45) is 0 Å². The van der Waals surface area contributed by atoms with E-state index in [0.29, 0.717) is 5.69 Å². The van der Waals surface area contributed by atoms with Gasteiger partial charge in [0.2, 0.25) is 5.69 Å². The Morgan fingerprint density at radius 2 is 1.70 bits per heavy atom. The molecule has 0 N–H and O–H groups in total. The quantitative estimate of drug-likeness (QED) is 0.416. The highest BCUT2D eigenvalue weighted by atomic mass is 35.5. The van der Waals surface area contributed by atoms with Crippen LogP contribution in [0, 0.1) is 6.57 Å². The maximum absolute atomic E-state index is 7.27. The fourth-order valence-corrected chi connectivity index (χ4v) is 2.70. The van der Waals surface area contributed by atoms with E-state index in [1.807, 2.05) is 36.4 Å². The van der Waals surface area contributed by atoms with E-state index in [4.69, 9.17) is 18.2 Å². The van der Waals surface area contributed by atoms with Gasteiger partial charge in [0.1, 0.15) is 5.15 Å². The topological polar surface area (TPSA) is 17.2 Å². The van der Waals surface area contributed by atoms with Crippen LogP contribution in [0.2, 0.25) is 5.15 Å². The number of aromatic nitrogens is 1. The lowest BCUT2D eigenvalue weighted by atomic mass is 9.98. The van der Waals surface area contributed by atoms with Crippen LogP contribution in [0.15, 0.2) is 60.7 Å². The van der Waals surface area contributed by atoms with E-state index >= 15 is 0 Å². The molecule has 2 aromatic carbocycles. The van der Waals surface area contributed by atoms with Gasteiger partial charge < -0.3 is 0 Å². The molecular formula is C20H15ClN2. The highest BCUT2D eigenvalue weighted by molar-refractivity contribution is 6.32. The van der Waals surface area contributed by atoms with Crippen LogP contribution in [0.4, 0.5) is 5.69 Å². The number of benzene rings is 2. The number of pyridine rings is 1. The number of hydrogen-bond donors (Lipinski definition) is 0. The van der Waals surface area contributed by atoms with Crippen LogP contribution in [-0.2, 0) is 6.42 Å². The summed E-state index contributed by atoms with van der Waals surface area (Å²) in [4.78, 5) is 7.97. The minimum Gasteiger partial charge on any atom is -0.247 e. The van der Waals surface area contributed by atoms with Crippen LogP contribution in [0.3, 0.4) is 0 Å². The molecule has 1 aromatic heterocycles. The van der Waals surface area contributed by atoms with Gasteiger partial charge in [-0.25, -0.2) is 9.83 Å². The van der Waals surface area contributed by atoms with Crippen molar-refractivity contribution in [1.82, 2.24) is 4.98 Å². The van der Waals surface area contributed by atoms with Gasteiger partial charge in [0, 0.05) is 5.56 Å². The van der Waals surface area contributed by atoms with E-state index < -0.39 is 0 Å². The summed E-state index contributed by atoms with van der Waals surface area (Å²) in [7, 11) is 0. The van der Waals surface area contributed by atoms with Crippen molar-refractivity contribution in [2.45, 2.75) is 13.3 Å². The van der Waals surface area contributed by atoms with Crippen LogP contribution in [0.25, 0.3) is 27.2 Å². The lowest BCUT2D eigenvalue weighted by Crippen LogP contribution is -1.91. The average Bonchev–Trinajstić information content (AvgIpc) is 2.62. The van der Waals surface area contributed by atoms with E-state index in [2.05, 4.69) is 41.0 Å². The van der Waals surface area contributed by atoms with Crippen molar-refractivity contribution in [1.29, 1.82) is 0 Å². The molecule has 0 unspecified atom stereocenters. The second-order valence-corrected chi connectivity index (χ2v) is 5.58. The van der Waals surface area contributed by atoms with Crippen molar-refractivity contribution in [3.8, 4) is 22.4 Å². The van der Waals surface area contributed by atoms with Gasteiger partial charge in [-0.05, 0) is 29.2 Å². The summed E-state index contributed by atoms with van der Waals surface area (Å²) >= 11 is 6.17. The molecule has 2 nitrogen and oxygen atoms in total. The first-order valence-corrected chi connectivity index (χ1v) is 7.83. The predicted molar refractivity (Wildman–Crippen MR) is 95.8 cm³/mol. The van der Waals surface area contributed by atoms with E-state index in [9.17, 15) is 0 Å². The van der Waals surface area contributed by atoms with E-state index in [-0.39, 0.29) is 5.15 Å². The number of nitrogens with zero attached hydrogens (tertiary/aromatic N) is 2. The zero-order valence-electron chi connectivity index (χ0n) is 12.8. The largest absolute Gasteiger partial charge is 0.247 e. The third-order valence-electron chi connectivity index (χ3n) is 3.80. The van der Waals surface area contributed by atoms with Gasteiger partial charge in [-0.3, -0.25) is 0 Å². The normalized spacial score (nSPS) is 10.3. The Morgan fingerprint density at radius 1 is 1.00 bits per heavy atom. The van der Waals surface area contributed by atoms with Crippen LogP contribution in [0.1, 0.15) is 12.5 Å². The first-order chi connectivity index (χ1) is 11.2. The summed E-state index contributed by atoms with van der Waals surface area (Å²) in [5, 5.41) is 0.245. The molecule has 0 aliphatic heterocycles. The summed E-state index contributed by atoms with van der Waals surface area (Å²) in [5.74, 6) is 0. The molecule has 0 aliphatic carbocycles. The highest BCUT2D eigenvalue weighted by Crippen LogP contribution is 2.36. The summed E-state index contributed by atoms with van der Waals surface area (Å²) in [6.07, 6.45) is 0.997. The maximum atomic E-state index is 7.27. The van der Waals surface area contributed by atoms with E-state index in [0.717, 1.165) is 28.8 Å². The Balaban J connectivity index is 2.22. The number of rotatable bonds is 3. The molecule has 3 heteroatoms. The lowest BCUT2D eigenvalue weighted by Gasteiger charge is -2.12. The fourth-order valence-electron chi connectivity index (χ4n) is 2.51. The van der Waals surface area contributed by atoms with E-state index in [1.54, 1.807) is 0 Å². The number of aryl methyl sites for hydroxylation is 1. The summed E-state index contributed by atoms with van der Waals surface area (Å²) in [6.45, 7) is 9.40. The Bertz CT molecular complexity index is 863. The zero-order chi connectivity index (χ0) is 16.2. The standard InChI is InChI=1S/C20H15ClN2/c1-3-14-9-11-16(12-10-14)19-17(15-7-5-4-6-8-15)13-18(22-2)20(21)23-19/h4-13H,3H2,1H3. The first-order valence-electron chi connectivity index (χ1n) is 7.45. The molecule has 23 heavy (non-hydrogen) atoms. The van der Waals surface area contributed by atoms with Gasteiger partial charge in [0.05, 0.1) is 12.3 Å². The van der Waals surface area contributed by atoms with Crippen molar-refractivity contribution >= 4 is 17.3 Å². The molecule has 0 atom stereocenters. The van der Waals surface area contributed by atoms with Crippen LogP contribution >= 0.6 is 11.6 Å². The summed E-state index contributed by atoms with van der Waals surface area (Å²) < 4.78 is 0. The zero-order valence-corrected chi connectivity index (χ0v) is 13.5. The van der Waals surface area contributed by atoms with Gasteiger partial charge in [-0.2, -0.15) is 0 Å². The lowest BCUT2D eigenvalue weighted by molar-refractivity contribution is 1.14. The monoisotopic (exact) mass is 318 g/mol. The Hall–Kier alpha value is -2.63. The SMILES string of the molecule is [C-]#[N+]c1cc(-c2ccccc2)c(-c2ccc(CC)cc2)nc1Cl. The van der Waals surface area contributed by atoms with Crippen molar-refractivity contribution < 1.29 is 0 Å². The number of hydrogen-bond acceptors (Lipinski definition) is 1. The molecule has 1 heterocycles. The van der Waals surface area contributed by atoms with Crippen LogP contribution in [-0.4, -0.2) is 4.98 Å². The van der Waals surface area contributed by atoms with Gasteiger partial charge in [0.25, 0.3) is 0 Å². The molecule has 0 saturated carbocycles. The maximum Gasteiger partial charge on any atom is 0.224 e. The Labute approximate surface area is 141 Å². The molecule has 0 fully saturated rings. The second kappa shape index (κ2) is 6.64. The summed E-state index contributed by atoms with van der Waals surface area (Å²) in [6, 6.07) is 20.1. The second-order valence-electron chi connectivity index (χ2n) is 5.22. The molecule has 0 spiro atoms. The summed E-state index contributed by atoms with van der Waals surface area (Å²) in [5.41, 5.74) is 5.40. The molecular weight excluding hydrogens is 304 g/mol. The minimum absolute atomic E-state index is 0.245. The molecule has 0 bridgehead atoms. The molecule has 3 aromatic rings. The molecule has 0 amide bonds. The molecule has 0 saturated heterocycles. The third-order valence-corrected chi connectivity index (χ3v) is 4.08. The van der Waals surface area contributed by atoms with Gasteiger partial charge in [-0.1, -0.05) is 73.1 Å². The Kier molecular flexibility index (Phi) is 4.41. The predicted octanol–water partition coefficient (Wildman–Crippen LogP) is 6.18. The minimum atomic E-state index is 0.245. The van der Waals surface area contributed by atoms with E-state index in [1.165, 1.54) is 5.56 Å². The molecule has 0 aliphatic rings. The van der Waals surface area contributed by atoms with Crippen molar-refractivity contribution in [2.75, 3.05) is 0 Å². The van der Waals surface area contributed by atoms with Crippen molar-refractivity contribution in [3.63, 3.8) is 0 Å². The highest BCUT2D eigenvalue weighted by Gasteiger charge is 2.13. The van der Waals surface area contributed by atoms with Gasteiger partial charge in [-0.15, -0.1) is 0 Å². The molecule has 112 valence electrons. The first kappa shape index (κ1) is 15.3. The van der Waals surface area contributed by atoms with Gasteiger partial charge >= 0.3 is 0 Å². The van der Waals surface area contributed by atoms with Crippen LogP contribution in [0.5, 0.6) is 0 Å². The fraction of sp³-hybridized carbons (Fsp3) is 0.100. The Morgan fingerprint density at radius 3 is 2.30 bits per heavy atom. The molecule has 3 rings (SSSR count). The molecule has 0 radical (unpaired) electrons. The number of halogens is 1. The van der Waals surface area contributed by atoms with Crippen LogP contribution < -0.4 is 0 Å². The van der Waals surface area contributed by atoms with Gasteiger partial charge in [0.15, 0.2) is 0 Å². The smallest absolute Gasteiger partial charge is 0.224 e. The van der Waals surface area contributed by atoms with Crippen molar-refractivity contribution in [3.05, 3.63) is 82.8 Å².